The van der Waals surface area contributed by atoms with Crippen LogP contribution in [-0.4, -0.2) is 4.57 Å². The average molecular weight is 259 g/mol. The molecule has 0 saturated carbocycles. The molecule has 0 aliphatic heterocycles. The van der Waals surface area contributed by atoms with Crippen LogP contribution in [0.4, 0.5) is 0 Å². The number of hydrogen-bond donors (Lipinski definition) is 0. The first-order valence-electron chi connectivity index (χ1n) is 5.59. The van der Waals surface area contributed by atoms with E-state index in [1.54, 1.807) is 0 Å². The minimum Gasteiger partial charge on any atom is -0.349 e. The molecule has 0 atom stereocenters. The second-order valence-corrected chi connectivity index (χ2v) is 6.09. The van der Waals surface area contributed by atoms with Crippen molar-refractivity contribution >= 4 is 22.7 Å². The van der Waals surface area contributed by atoms with Crippen LogP contribution in [0, 0.1) is 0 Å². The molecule has 0 aliphatic carbocycles. The molecule has 3 heterocycles. The number of nitrogens with zero attached hydrogens (tertiary/aromatic N) is 1. The van der Waals surface area contributed by atoms with Gasteiger partial charge in [0.15, 0.2) is 0 Å². The monoisotopic (exact) mass is 259 g/mol. The number of thiophene rings is 2. The maximum absolute atomic E-state index is 2.26. The van der Waals surface area contributed by atoms with Gasteiger partial charge in [-0.3, -0.25) is 0 Å². The molecule has 3 aromatic rings. The van der Waals surface area contributed by atoms with E-state index in [9.17, 15) is 0 Å². The normalized spacial score (nSPS) is 10.8. The van der Waals surface area contributed by atoms with Gasteiger partial charge in [0.2, 0.25) is 0 Å². The topological polar surface area (TPSA) is 4.93 Å². The Morgan fingerprint density at radius 2 is 1.71 bits per heavy atom. The summed E-state index contributed by atoms with van der Waals surface area (Å²) in [6, 6.07) is 10.8. The summed E-state index contributed by atoms with van der Waals surface area (Å²) in [4.78, 5) is 2.84. The summed E-state index contributed by atoms with van der Waals surface area (Å²) in [5.74, 6) is 0. The summed E-state index contributed by atoms with van der Waals surface area (Å²) in [6.45, 7) is 0.988. The van der Waals surface area contributed by atoms with Crippen LogP contribution in [0.1, 0.15) is 15.3 Å². The first kappa shape index (κ1) is 10.8. The van der Waals surface area contributed by atoms with Gasteiger partial charge in [-0.05, 0) is 34.5 Å². The molecule has 0 bridgehead atoms. The van der Waals surface area contributed by atoms with Crippen molar-refractivity contribution in [1.29, 1.82) is 0 Å². The first-order valence-corrected chi connectivity index (χ1v) is 7.35. The Balaban J connectivity index is 1.70. The third kappa shape index (κ3) is 2.68. The lowest BCUT2D eigenvalue weighted by Gasteiger charge is -1.99. The minimum atomic E-state index is 0.988. The van der Waals surface area contributed by atoms with Gasteiger partial charge in [-0.15, -0.1) is 22.7 Å². The third-order valence-electron chi connectivity index (χ3n) is 2.69. The molecular formula is C14H13NS2. The highest BCUT2D eigenvalue weighted by Crippen LogP contribution is 2.16. The van der Waals surface area contributed by atoms with Crippen molar-refractivity contribution < 1.29 is 0 Å². The molecule has 0 N–H and O–H groups in total. The molecule has 3 aromatic heterocycles. The molecule has 0 fully saturated rings. The summed E-state index contributed by atoms with van der Waals surface area (Å²) in [7, 11) is 0. The number of rotatable bonds is 4. The smallest absolute Gasteiger partial charge is 0.0563 e. The van der Waals surface area contributed by atoms with Gasteiger partial charge >= 0.3 is 0 Å². The fourth-order valence-electron chi connectivity index (χ4n) is 1.89. The van der Waals surface area contributed by atoms with Crippen LogP contribution in [0.25, 0.3) is 0 Å². The Labute approximate surface area is 109 Å². The molecule has 3 rings (SSSR count). The van der Waals surface area contributed by atoms with Crippen molar-refractivity contribution in [3.05, 3.63) is 68.8 Å². The summed E-state index contributed by atoms with van der Waals surface area (Å²) >= 11 is 3.64. The summed E-state index contributed by atoms with van der Waals surface area (Å²) in [6.07, 6.45) is 5.47. The van der Waals surface area contributed by atoms with Crippen LogP contribution >= 0.6 is 22.7 Å². The Hall–Kier alpha value is -1.32. The highest BCUT2D eigenvalue weighted by atomic mass is 32.1. The molecule has 0 aliphatic rings. The van der Waals surface area contributed by atoms with E-state index in [-0.39, 0.29) is 0 Å². The maximum Gasteiger partial charge on any atom is 0.0563 e. The second kappa shape index (κ2) is 4.90. The fraction of sp³-hybridized carbons (Fsp3) is 0.143. The second-order valence-electron chi connectivity index (χ2n) is 4.03. The molecule has 0 spiro atoms. The van der Waals surface area contributed by atoms with Gasteiger partial charge in [-0.1, -0.05) is 12.1 Å². The van der Waals surface area contributed by atoms with Gasteiger partial charge in [0, 0.05) is 28.6 Å². The standard InChI is InChI=1S/C14H13NS2/c1-3-13(16-7-1)9-12-5-6-15(10-12)11-14-4-2-8-17-14/h1-8,10H,9,11H2. The van der Waals surface area contributed by atoms with Crippen LogP contribution in [0.5, 0.6) is 0 Å². The molecule has 0 aromatic carbocycles. The highest BCUT2D eigenvalue weighted by molar-refractivity contribution is 7.10. The number of aromatic nitrogens is 1. The van der Waals surface area contributed by atoms with Gasteiger partial charge in [0.1, 0.15) is 0 Å². The van der Waals surface area contributed by atoms with Crippen LogP contribution in [0.15, 0.2) is 53.5 Å². The van der Waals surface area contributed by atoms with Gasteiger partial charge in [-0.2, -0.15) is 0 Å². The van der Waals surface area contributed by atoms with Crippen molar-refractivity contribution in [2.45, 2.75) is 13.0 Å². The lowest BCUT2D eigenvalue weighted by atomic mass is 10.2. The zero-order valence-electron chi connectivity index (χ0n) is 9.37. The molecule has 17 heavy (non-hydrogen) atoms. The molecule has 1 nitrogen and oxygen atoms in total. The van der Waals surface area contributed by atoms with Crippen LogP contribution in [0.3, 0.4) is 0 Å². The lowest BCUT2D eigenvalue weighted by Crippen LogP contribution is -1.93. The zero-order valence-corrected chi connectivity index (χ0v) is 11.0. The Bertz CT molecular complexity index is 510. The Morgan fingerprint density at radius 3 is 2.41 bits per heavy atom. The molecular weight excluding hydrogens is 246 g/mol. The van der Waals surface area contributed by atoms with E-state index in [1.165, 1.54) is 15.3 Å². The Morgan fingerprint density at radius 1 is 0.941 bits per heavy atom. The largest absolute Gasteiger partial charge is 0.349 e. The average Bonchev–Trinajstić information content (AvgIpc) is 3.02. The van der Waals surface area contributed by atoms with Crippen molar-refractivity contribution in [3.8, 4) is 0 Å². The van der Waals surface area contributed by atoms with Gasteiger partial charge in [0.05, 0.1) is 6.54 Å². The SMILES string of the molecule is c1csc(Cc2ccn(Cc3cccs3)c2)c1. The minimum absolute atomic E-state index is 0.988. The van der Waals surface area contributed by atoms with E-state index >= 15 is 0 Å². The number of hydrogen-bond acceptors (Lipinski definition) is 2. The van der Waals surface area contributed by atoms with E-state index in [2.05, 4.69) is 58.1 Å². The van der Waals surface area contributed by atoms with Crippen molar-refractivity contribution in [1.82, 2.24) is 4.57 Å². The van der Waals surface area contributed by atoms with Crippen molar-refractivity contribution in [2.24, 2.45) is 0 Å². The predicted octanol–water partition coefficient (Wildman–Crippen LogP) is 4.25. The predicted molar refractivity (Wildman–Crippen MR) is 75.0 cm³/mol. The van der Waals surface area contributed by atoms with Crippen LogP contribution in [0.2, 0.25) is 0 Å². The van der Waals surface area contributed by atoms with Crippen LogP contribution < -0.4 is 0 Å². The highest BCUT2D eigenvalue weighted by Gasteiger charge is 2.01. The van der Waals surface area contributed by atoms with Gasteiger partial charge in [0.25, 0.3) is 0 Å². The quantitative estimate of drug-likeness (QED) is 0.660. The third-order valence-corrected chi connectivity index (χ3v) is 4.43. The van der Waals surface area contributed by atoms with E-state index in [1.807, 2.05) is 22.7 Å². The van der Waals surface area contributed by atoms with Crippen molar-refractivity contribution in [2.75, 3.05) is 0 Å². The summed E-state index contributed by atoms with van der Waals surface area (Å²) in [5.41, 5.74) is 1.39. The van der Waals surface area contributed by atoms with E-state index in [0.717, 1.165) is 13.0 Å². The maximum atomic E-state index is 2.26. The van der Waals surface area contributed by atoms with Gasteiger partial charge < -0.3 is 4.57 Å². The first-order chi connectivity index (χ1) is 8.40. The van der Waals surface area contributed by atoms with Gasteiger partial charge in [-0.25, -0.2) is 0 Å². The van der Waals surface area contributed by atoms with E-state index in [4.69, 9.17) is 0 Å². The molecule has 3 heteroatoms. The molecule has 86 valence electrons. The summed E-state index contributed by atoms with van der Waals surface area (Å²) < 4.78 is 2.26. The molecule has 0 radical (unpaired) electrons. The molecule has 0 saturated heterocycles. The van der Waals surface area contributed by atoms with E-state index < -0.39 is 0 Å². The van der Waals surface area contributed by atoms with Crippen LogP contribution in [-0.2, 0) is 13.0 Å². The fourth-order valence-corrected chi connectivity index (χ4v) is 3.34. The molecule has 0 unspecified atom stereocenters. The molecule has 0 amide bonds. The summed E-state index contributed by atoms with van der Waals surface area (Å²) in [5, 5.41) is 4.27. The zero-order chi connectivity index (χ0) is 11.5. The van der Waals surface area contributed by atoms with Crippen molar-refractivity contribution in [3.63, 3.8) is 0 Å². The Kier molecular flexibility index (Phi) is 3.12. The lowest BCUT2D eigenvalue weighted by molar-refractivity contribution is 0.816. The van der Waals surface area contributed by atoms with E-state index in [0.29, 0.717) is 0 Å².